The summed E-state index contributed by atoms with van der Waals surface area (Å²) in [6.07, 6.45) is 3.99. The minimum absolute atomic E-state index is 0.353. The van der Waals surface area contributed by atoms with Crippen molar-refractivity contribution in [2.24, 2.45) is 0 Å². The van der Waals surface area contributed by atoms with E-state index in [2.05, 4.69) is 10.3 Å². The van der Waals surface area contributed by atoms with E-state index >= 15 is 0 Å². The SMILES string of the molecule is CS(=O)(=O)CNC(=O)c1ccncc1. The van der Waals surface area contributed by atoms with Gasteiger partial charge < -0.3 is 5.32 Å². The minimum atomic E-state index is -3.17. The molecule has 0 aliphatic heterocycles. The summed E-state index contributed by atoms with van der Waals surface area (Å²) in [7, 11) is -3.17. The van der Waals surface area contributed by atoms with Crippen LogP contribution in [-0.4, -0.2) is 31.4 Å². The predicted octanol–water partition coefficient (Wildman–Crippen LogP) is -0.187. The van der Waals surface area contributed by atoms with Crippen LogP contribution in [0.4, 0.5) is 0 Å². The molecule has 14 heavy (non-hydrogen) atoms. The van der Waals surface area contributed by atoms with Gasteiger partial charge in [-0.15, -0.1) is 0 Å². The molecule has 1 amide bonds. The Kier molecular flexibility index (Phi) is 3.19. The second-order valence-electron chi connectivity index (χ2n) is 2.81. The zero-order valence-electron chi connectivity index (χ0n) is 7.60. The minimum Gasteiger partial charge on any atom is -0.338 e. The van der Waals surface area contributed by atoms with Crippen LogP contribution in [0.5, 0.6) is 0 Å². The number of carbonyl (C=O) groups is 1. The van der Waals surface area contributed by atoms with Gasteiger partial charge in [0.05, 0.1) is 0 Å². The molecule has 0 aliphatic carbocycles. The van der Waals surface area contributed by atoms with Gasteiger partial charge in [-0.05, 0) is 12.1 Å². The van der Waals surface area contributed by atoms with Crippen LogP contribution in [0.3, 0.4) is 0 Å². The quantitative estimate of drug-likeness (QED) is 0.756. The second kappa shape index (κ2) is 4.19. The molecule has 1 N–H and O–H groups in total. The Morgan fingerprint density at radius 1 is 1.43 bits per heavy atom. The number of nitrogens with zero attached hydrogens (tertiary/aromatic N) is 1. The highest BCUT2D eigenvalue weighted by Crippen LogP contribution is 1.95. The molecule has 1 aromatic heterocycles. The molecular weight excluding hydrogens is 204 g/mol. The van der Waals surface area contributed by atoms with E-state index in [1.807, 2.05) is 0 Å². The largest absolute Gasteiger partial charge is 0.338 e. The average molecular weight is 214 g/mol. The smallest absolute Gasteiger partial charge is 0.252 e. The van der Waals surface area contributed by atoms with E-state index in [-0.39, 0.29) is 5.88 Å². The van der Waals surface area contributed by atoms with Gasteiger partial charge in [-0.3, -0.25) is 9.78 Å². The van der Waals surface area contributed by atoms with Crippen LogP contribution in [0.15, 0.2) is 24.5 Å². The number of nitrogens with one attached hydrogen (secondary N) is 1. The first-order valence-corrected chi connectivity index (χ1v) is 5.91. The van der Waals surface area contributed by atoms with Gasteiger partial charge in [0.25, 0.3) is 5.91 Å². The number of sulfone groups is 1. The van der Waals surface area contributed by atoms with Gasteiger partial charge in [-0.2, -0.15) is 0 Å². The van der Waals surface area contributed by atoms with Crippen molar-refractivity contribution < 1.29 is 13.2 Å². The molecule has 0 saturated carbocycles. The lowest BCUT2D eigenvalue weighted by Gasteiger charge is -2.02. The monoisotopic (exact) mass is 214 g/mol. The maximum atomic E-state index is 11.3. The van der Waals surface area contributed by atoms with Crippen molar-refractivity contribution in [1.29, 1.82) is 0 Å². The van der Waals surface area contributed by atoms with Crippen LogP contribution in [0, 0.1) is 0 Å². The molecule has 0 radical (unpaired) electrons. The van der Waals surface area contributed by atoms with Gasteiger partial charge in [-0.1, -0.05) is 0 Å². The van der Waals surface area contributed by atoms with Crippen LogP contribution in [-0.2, 0) is 9.84 Å². The first-order valence-electron chi connectivity index (χ1n) is 3.85. The highest BCUT2D eigenvalue weighted by Gasteiger charge is 2.07. The van der Waals surface area contributed by atoms with E-state index in [1.165, 1.54) is 24.5 Å². The predicted molar refractivity (Wildman–Crippen MR) is 51.4 cm³/mol. The molecule has 76 valence electrons. The number of hydrogen-bond acceptors (Lipinski definition) is 4. The molecule has 1 aromatic rings. The van der Waals surface area contributed by atoms with E-state index < -0.39 is 15.7 Å². The van der Waals surface area contributed by atoms with Gasteiger partial charge >= 0.3 is 0 Å². The highest BCUT2D eigenvalue weighted by atomic mass is 32.2. The molecular formula is C8H10N2O3S. The molecule has 0 spiro atoms. The maximum Gasteiger partial charge on any atom is 0.252 e. The second-order valence-corrected chi connectivity index (χ2v) is 4.95. The third-order valence-electron chi connectivity index (χ3n) is 1.44. The first kappa shape index (κ1) is 10.6. The number of rotatable bonds is 3. The summed E-state index contributed by atoms with van der Waals surface area (Å²) in [5, 5.41) is 2.28. The standard InChI is InChI=1S/C8H10N2O3S/c1-14(12,13)6-10-8(11)7-2-4-9-5-3-7/h2-5H,6H2,1H3,(H,10,11). The Labute approximate surface area is 82.1 Å². The third-order valence-corrected chi connectivity index (χ3v) is 2.11. The van der Waals surface area contributed by atoms with E-state index in [1.54, 1.807) is 0 Å². The number of amides is 1. The summed E-state index contributed by atoms with van der Waals surface area (Å²) >= 11 is 0. The Morgan fingerprint density at radius 2 is 2.00 bits per heavy atom. The summed E-state index contributed by atoms with van der Waals surface area (Å²) in [6.45, 7) is 0. The van der Waals surface area contributed by atoms with Gasteiger partial charge in [0.15, 0.2) is 9.84 Å². The van der Waals surface area contributed by atoms with Crippen molar-refractivity contribution in [2.75, 3.05) is 12.1 Å². The topological polar surface area (TPSA) is 76.1 Å². The van der Waals surface area contributed by atoms with Crippen molar-refractivity contribution in [3.8, 4) is 0 Å². The van der Waals surface area contributed by atoms with Crippen LogP contribution < -0.4 is 5.32 Å². The van der Waals surface area contributed by atoms with Gasteiger partial charge in [0.1, 0.15) is 5.88 Å². The number of pyridine rings is 1. The Hall–Kier alpha value is -1.43. The van der Waals surface area contributed by atoms with Crippen molar-refractivity contribution in [3.63, 3.8) is 0 Å². The van der Waals surface area contributed by atoms with E-state index in [9.17, 15) is 13.2 Å². The summed E-state index contributed by atoms with van der Waals surface area (Å²) in [6, 6.07) is 3.02. The third kappa shape index (κ3) is 3.53. The normalized spacial score (nSPS) is 10.9. The summed E-state index contributed by atoms with van der Waals surface area (Å²) in [4.78, 5) is 15.0. The molecule has 0 aliphatic rings. The molecule has 0 bridgehead atoms. The molecule has 6 heteroatoms. The Balaban J connectivity index is 2.61. The Morgan fingerprint density at radius 3 is 2.50 bits per heavy atom. The van der Waals surface area contributed by atoms with Gasteiger partial charge in [0, 0.05) is 24.2 Å². The van der Waals surface area contributed by atoms with Crippen molar-refractivity contribution in [2.45, 2.75) is 0 Å². The summed E-state index contributed by atoms with van der Waals surface area (Å²) < 4.78 is 21.5. The molecule has 0 unspecified atom stereocenters. The lowest BCUT2D eigenvalue weighted by Crippen LogP contribution is -2.28. The molecule has 0 fully saturated rings. The van der Waals surface area contributed by atoms with Crippen LogP contribution in [0.25, 0.3) is 0 Å². The van der Waals surface area contributed by atoms with Crippen LogP contribution >= 0.6 is 0 Å². The van der Waals surface area contributed by atoms with Gasteiger partial charge in [0.2, 0.25) is 0 Å². The fraction of sp³-hybridized carbons (Fsp3) is 0.250. The summed E-state index contributed by atoms with van der Waals surface area (Å²) in [5.74, 6) is -0.772. The van der Waals surface area contributed by atoms with E-state index in [4.69, 9.17) is 0 Å². The summed E-state index contributed by atoms with van der Waals surface area (Å²) in [5.41, 5.74) is 0.392. The van der Waals surface area contributed by atoms with Crippen molar-refractivity contribution in [3.05, 3.63) is 30.1 Å². The van der Waals surface area contributed by atoms with Crippen LogP contribution in [0.1, 0.15) is 10.4 Å². The number of carbonyl (C=O) groups excluding carboxylic acids is 1. The molecule has 0 saturated heterocycles. The lowest BCUT2D eigenvalue weighted by atomic mass is 10.2. The van der Waals surface area contributed by atoms with Gasteiger partial charge in [-0.25, -0.2) is 8.42 Å². The first-order chi connectivity index (χ1) is 6.49. The molecule has 0 atom stereocenters. The average Bonchev–Trinajstić information content (AvgIpc) is 2.14. The highest BCUT2D eigenvalue weighted by molar-refractivity contribution is 7.90. The fourth-order valence-corrected chi connectivity index (χ4v) is 1.20. The Bertz CT molecular complexity index is 413. The zero-order chi connectivity index (χ0) is 10.6. The molecule has 1 heterocycles. The number of aromatic nitrogens is 1. The molecule has 5 nitrogen and oxygen atoms in total. The number of hydrogen-bond donors (Lipinski definition) is 1. The van der Waals surface area contributed by atoms with E-state index in [0.29, 0.717) is 5.56 Å². The van der Waals surface area contributed by atoms with E-state index in [0.717, 1.165) is 6.26 Å². The molecule has 1 rings (SSSR count). The fourth-order valence-electron chi connectivity index (χ4n) is 0.802. The maximum absolute atomic E-state index is 11.3. The van der Waals surface area contributed by atoms with Crippen molar-refractivity contribution >= 4 is 15.7 Å². The zero-order valence-corrected chi connectivity index (χ0v) is 8.41. The molecule has 0 aromatic carbocycles. The van der Waals surface area contributed by atoms with Crippen molar-refractivity contribution in [1.82, 2.24) is 10.3 Å². The van der Waals surface area contributed by atoms with Crippen LogP contribution in [0.2, 0.25) is 0 Å². The lowest BCUT2D eigenvalue weighted by molar-refractivity contribution is 0.0960.